The van der Waals surface area contributed by atoms with Crippen molar-refractivity contribution >= 4 is 34.8 Å². The third-order valence-electron chi connectivity index (χ3n) is 4.88. The number of ether oxygens (including phenoxy) is 1. The molecule has 2 heterocycles. The lowest BCUT2D eigenvalue weighted by Gasteiger charge is -2.34. The number of hydrogen-bond acceptors (Lipinski definition) is 5. The monoisotopic (exact) mass is 395 g/mol. The normalized spacial score (nSPS) is 16.0. The van der Waals surface area contributed by atoms with Crippen LogP contribution < -0.4 is 11.1 Å². The lowest BCUT2D eigenvalue weighted by atomic mass is 9.79. The van der Waals surface area contributed by atoms with Gasteiger partial charge in [-0.3, -0.25) is 4.79 Å². The van der Waals surface area contributed by atoms with E-state index in [2.05, 4.69) is 41.5 Å². The molecule has 1 aromatic carbocycles. The highest BCUT2D eigenvalue weighted by Crippen LogP contribution is 2.32. The maximum absolute atomic E-state index is 12.8. The Kier molecular flexibility index (Phi) is 7.17. The zero-order chi connectivity index (χ0) is 17.9. The number of thiazole rings is 1. The topological polar surface area (TPSA) is 77.2 Å². The minimum Gasteiger partial charge on any atom is -0.381 e. The Morgan fingerprint density at radius 1 is 1.35 bits per heavy atom. The summed E-state index contributed by atoms with van der Waals surface area (Å²) in [5, 5.41) is 3.65. The molecule has 1 amide bonds. The van der Waals surface area contributed by atoms with Crippen LogP contribution in [0.3, 0.4) is 0 Å². The number of carbonyl (C=O) groups is 1. The Morgan fingerprint density at radius 3 is 2.73 bits per heavy atom. The molecule has 0 radical (unpaired) electrons. The molecule has 2 aromatic rings. The molecule has 1 aromatic heterocycles. The third kappa shape index (κ3) is 4.62. The van der Waals surface area contributed by atoms with Gasteiger partial charge in [-0.25, -0.2) is 4.98 Å². The molecule has 7 heteroatoms. The van der Waals surface area contributed by atoms with Crippen molar-refractivity contribution in [2.24, 2.45) is 11.1 Å². The van der Waals surface area contributed by atoms with E-state index >= 15 is 0 Å². The molecule has 142 valence electrons. The van der Waals surface area contributed by atoms with Crippen LogP contribution in [0.1, 0.15) is 34.5 Å². The fraction of sp³-hybridized carbons (Fsp3) is 0.474. The zero-order valence-corrected chi connectivity index (χ0v) is 16.8. The number of benzene rings is 1. The fourth-order valence-corrected chi connectivity index (χ4v) is 4.16. The summed E-state index contributed by atoms with van der Waals surface area (Å²) in [4.78, 5) is 18.5. The molecule has 0 unspecified atom stereocenters. The van der Waals surface area contributed by atoms with Gasteiger partial charge in [0.05, 0.1) is 11.1 Å². The number of rotatable bonds is 5. The Labute approximate surface area is 164 Å². The Bertz CT molecular complexity index is 757. The number of nitrogens with one attached hydrogen (secondary N) is 1. The summed E-state index contributed by atoms with van der Waals surface area (Å²) in [5.41, 5.74) is 8.85. The summed E-state index contributed by atoms with van der Waals surface area (Å²) in [5.74, 6) is -0.0332. The summed E-state index contributed by atoms with van der Waals surface area (Å²) < 4.78 is 5.38. The van der Waals surface area contributed by atoms with Crippen LogP contribution in [0.25, 0.3) is 0 Å². The van der Waals surface area contributed by atoms with Crippen LogP contribution in [-0.4, -0.2) is 30.6 Å². The van der Waals surface area contributed by atoms with Gasteiger partial charge in [0.15, 0.2) is 5.13 Å². The number of nitrogens with zero attached hydrogens (tertiary/aromatic N) is 1. The van der Waals surface area contributed by atoms with Gasteiger partial charge in [-0.15, -0.1) is 23.7 Å². The number of nitrogens with two attached hydrogens (primary N) is 1. The third-order valence-corrected chi connectivity index (χ3v) is 5.96. The Hall–Kier alpha value is -1.47. The van der Waals surface area contributed by atoms with Crippen LogP contribution in [-0.2, 0) is 16.0 Å². The molecule has 0 bridgehead atoms. The number of carbonyl (C=O) groups excluding carboxylic acids is 1. The predicted octanol–water partition coefficient (Wildman–Crippen LogP) is 3.47. The molecule has 3 rings (SSSR count). The second-order valence-corrected chi connectivity index (χ2v) is 7.83. The highest BCUT2D eigenvalue weighted by molar-refractivity contribution is 7.15. The smallest absolute Gasteiger partial charge is 0.233 e. The lowest BCUT2D eigenvalue weighted by molar-refractivity contribution is -0.130. The quantitative estimate of drug-likeness (QED) is 0.812. The van der Waals surface area contributed by atoms with Crippen LogP contribution in [0.2, 0.25) is 0 Å². The SMILES string of the molecule is Cc1cccc(Cc2sc(NC(=O)C3(CN)CCOCC3)nc2C)c1.Cl. The first kappa shape index (κ1) is 20.8. The number of aromatic nitrogens is 1. The Balaban J connectivity index is 0.00000243. The van der Waals surface area contributed by atoms with Crippen LogP contribution >= 0.6 is 23.7 Å². The maximum Gasteiger partial charge on any atom is 0.233 e. The van der Waals surface area contributed by atoms with E-state index in [0.29, 0.717) is 37.7 Å². The van der Waals surface area contributed by atoms with Gasteiger partial charge in [0.1, 0.15) is 0 Å². The van der Waals surface area contributed by atoms with Crippen molar-refractivity contribution in [1.29, 1.82) is 0 Å². The van der Waals surface area contributed by atoms with Gasteiger partial charge in [0.2, 0.25) is 5.91 Å². The highest BCUT2D eigenvalue weighted by Gasteiger charge is 2.39. The molecule has 5 nitrogen and oxygen atoms in total. The summed E-state index contributed by atoms with van der Waals surface area (Å²) in [7, 11) is 0. The van der Waals surface area contributed by atoms with Gasteiger partial charge in [-0.05, 0) is 32.3 Å². The fourth-order valence-electron chi connectivity index (χ4n) is 3.17. The lowest BCUT2D eigenvalue weighted by Crippen LogP contribution is -2.46. The summed E-state index contributed by atoms with van der Waals surface area (Å²) >= 11 is 1.55. The van der Waals surface area contributed by atoms with Gasteiger partial charge >= 0.3 is 0 Å². The molecule has 3 N–H and O–H groups in total. The van der Waals surface area contributed by atoms with Gasteiger partial charge in [-0.1, -0.05) is 29.8 Å². The predicted molar refractivity (Wildman–Crippen MR) is 108 cm³/mol. The van der Waals surface area contributed by atoms with Crippen molar-refractivity contribution in [3.05, 3.63) is 46.0 Å². The van der Waals surface area contributed by atoms with Crippen LogP contribution in [0.4, 0.5) is 5.13 Å². The molecule has 0 spiro atoms. The zero-order valence-electron chi connectivity index (χ0n) is 15.2. The number of hydrogen-bond donors (Lipinski definition) is 2. The first-order valence-corrected chi connectivity index (χ1v) is 9.45. The van der Waals surface area contributed by atoms with Crippen molar-refractivity contribution in [2.45, 2.75) is 33.1 Å². The van der Waals surface area contributed by atoms with E-state index < -0.39 is 5.41 Å². The number of halogens is 1. The van der Waals surface area contributed by atoms with E-state index in [1.54, 1.807) is 11.3 Å². The minimum absolute atomic E-state index is 0. The Morgan fingerprint density at radius 2 is 2.08 bits per heavy atom. The molecule has 0 atom stereocenters. The van der Waals surface area contributed by atoms with Gasteiger partial charge in [-0.2, -0.15) is 0 Å². The number of anilines is 1. The molecular weight excluding hydrogens is 370 g/mol. The summed E-state index contributed by atoms with van der Waals surface area (Å²) in [6, 6.07) is 8.47. The first-order chi connectivity index (χ1) is 12.0. The van der Waals surface area contributed by atoms with Crippen molar-refractivity contribution in [2.75, 3.05) is 25.1 Å². The van der Waals surface area contributed by atoms with Crippen LogP contribution in [0.5, 0.6) is 0 Å². The number of aryl methyl sites for hydroxylation is 2. The van der Waals surface area contributed by atoms with Crippen molar-refractivity contribution in [1.82, 2.24) is 4.98 Å². The molecule has 1 saturated heterocycles. The van der Waals surface area contributed by atoms with E-state index in [4.69, 9.17) is 10.5 Å². The first-order valence-electron chi connectivity index (χ1n) is 8.63. The van der Waals surface area contributed by atoms with E-state index in [1.165, 1.54) is 16.0 Å². The second-order valence-electron chi connectivity index (χ2n) is 6.74. The van der Waals surface area contributed by atoms with Crippen molar-refractivity contribution in [3.63, 3.8) is 0 Å². The highest BCUT2D eigenvalue weighted by atomic mass is 35.5. The average molecular weight is 396 g/mol. The average Bonchev–Trinajstić information content (AvgIpc) is 2.94. The molecule has 1 aliphatic rings. The van der Waals surface area contributed by atoms with Gasteiger partial charge < -0.3 is 15.8 Å². The van der Waals surface area contributed by atoms with Gasteiger partial charge in [0, 0.05) is 31.1 Å². The van der Waals surface area contributed by atoms with E-state index in [-0.39, 0.29) is 18.3 Å². The second kappa shape index (κ2) is 8.95. The molecule has 26 heavy (non-hydrogen) atoms. The summed E-state index contributed by atoms with van der Waals surface area (Å²) in [6.45, 7) is 5.59. The standard InChI is InChI=1S/C19H25N3O2S.ClH/c1-13-4-3-5-15(10-13)11-16-14(2)21-18(25-16)22-17(23)19(12-20)6-8-24-9-7-19;/h3-5,10H,6-9,11-12,20H2,1-2H3,(H,21,22,23);1H. The number of amides is 1. The minimum atomic E-state index is -0.533. The molecule has 1 aliphatic heterocycles. The largest absolute Gasteiger partial charge is 0.381 e. The molecule has 1 fully saturated rings. The van der Waals surface area contributed by atoms with Crippen molar-refractivity contribution < 1.29 is 9.53 Å². The van der Waals surface area contributed by atoms with Gasteiger partial charge in [0.25, 0.3) is 0 Å². The van der Waals surface area contributed by atoms with E-state index in [9.17, 15) is 4.79 Å². The van der Waals surface area contributed by atoms with Crippen molar-refractivity contribution in [3.8, 4) is 0 Å². The van der Waals surface area contributed by atoms with Crippen LogP contribution in [0, 0.1) is 19.3 Å². The maximum atomic E-state index is 12.8. The summed E-state index contributed by atoms with van der Waals surface area (Å²) in [6.07, 6.45) is 2.16. The molecule has 0 aliphatic carbocycles. The van der Waals surface area contributed by atoms with E-state index in [1.807, 2.05) is 6.92 Å². The molecule has 0 saturated carbocycles. The van der Waals surface area contributed by atoms with E-state index in [0.717, 1.165) is 12.1 Å². The van der Waals surface area contributed by atoms with Crippen LogP contribution in [0.15, 0.2) is 24.3 Å². The molecular formula is C19H26ClN3O2S.